The molecular formula is C20H16FNO3. The Morgan fingerprint density at radius 1 is 0.920 bits per heavy atom. The van der Waals surface area contributed by atoms with E-state index in [1.165, 1.54) is 24.3 Å². The molecule has 3 aromatic carbocycles. The molecule has 126 valence electrons. The van der Waals surface area contributed by atoms with E-state index in [1.54, 1.807) is 0 Å². The number of ether oxygens (including phenoxy) is 1. The summed E-state index contributed by atoms with van der Waals surface area (Å²) in [6.45, 7) is -0.117. The van der Waals surface area contributed by atoms with Crippen molar-refractivity contribution in [2.24, 2.45) is 0 Å². The Balaban J connectivity index is 1.54. The third-order valence-corrected chi connectivity index (χ3v) is 3.77. The van der Waals surface area contributed by atoms with E-state index in [1.807, 2.05) is 42.5 Å². The van der Waals surface area contributed by atoms with Gasteiger partial charge >= 0.3 is 5.97 Å². The average molecular weight is 337 g/mol. The van der Waals surface area contributed by atoms with Crippen molar-refractivity contribution in [1.82, 2.24) is 5.32 Å². The number of amides is 1. The van der Waals surface area contributed by atoms with Gasteiger partial charge in [0.1, 0.15) is 19.0 Å². The minimum atomic E-state index is -0.539. The predicted molar refractivity (Wildman–Crippen MR) is 92.5 cm³/mol. The Kier molecular flexibility index (Phi) is 5.04. The van der Waals surface area contributed by atoms with E-state index in [-0.39, 0.29) is 18.7 Å². The van der Waals surface area contributed by atoms with Gasteiger partial charge in [-0.15, -0.1) is 0 Å². The first kappa shape index (κ1) is 16.6. The molecule has 0 fully saturated rings. The fourth-order valence-corrected chi connectivity index (χ4v) is 2.48. The summed E-state index contributed by atoms with van der Waals surface area (Å²) < 4.78 is 18.1. The Morgan fingerprint density at radius 2 is 1.64 bits per heavy atom. The standard InChI is InChI=1S/C20H16FNO3/c21-17-10-8-15(9-11-17)20(24)22-12-19(23)25-13-16-6-3-5-14-4-1-2-7-18(14)16/h1-11H,12-13H2,(H,22,24). The van der Waals surface area contributed by atoms with Crippen LogP contribution in [-0.2, 0) is 16.1 Å². The van der Waals surface area contributed by atoms with Crippen LogP contribution in [-0.4, -0.2) is 18.4 Å². The zero-order valence-electron chi connectivity index (χ0n) is 13.4. The summed E-state index contributed by atoms with van der Waals surface area (Å²) >= 11 is 0. The average Bonchev–Trinajstić information content (AvgIpc) is 2.65. The van der Waals surface area contributed by atoms with Gasteiger partial charge in [-0.3, -0.25) is 9.59 Å². The van der Waals surface area contributed by atoms with Crippen LogP contribution in [0.5, 0.6) is 0 Å². The number of halogens is 1. The molecule has 0 aliphatic carbocycles. The van der Waals surface area contributed by atoms with E-state index in [0.717, 1.165) is 16.3 Å². The first-order chi connectivity index (χ1) is 12.1. The molecule has 0 bridgehead atoms. The number of benzene rings is 3. The molecule has 25 heavy (non-hydrogen) atoms. The van der Waals surface area contributed by atoms with Crippen LogP contribution in [0.3, 0.4) is 0 Å². The van der Waals surface area contributed by atoms with Crippen molar-refractivity contribution < 1.29 is 18.7 Å². The van der Waals surface area contributed by atoms with E-state index < -0.39 is 17.7 Å². The highest BCUT2D eigenvalue weighted by atomic mass is 19.1. The third-order valence-electron chi connectivity index (χ3n) is 3.77. The molecule has 0 atom stereocenters. The number of nitrogens with one attached hydrogen (secondary N) is 1. The highest BCUT2D eigenvalue weighted by Crippen LogP contribution is 2.19. The normalized spacial score (nSPS) is 10.4. The summed E-state index contributed by atoms with van der Waals surface area (Å²) in [4.78, 5) is 23.7. The second kappa shape index (κ2) is 7.57. The molecule has 1 N–H and O–H groups in total. The molecule has 3 rings (SSSR count). The number of hydrogen-bond acceptors (Lipinski definition) is 3. The summed E-state index contributed by atoms with van der Waals surface area (Å²) in [6.07, 6.45) is 0. The number of esters is 1. The Morgan fingerprint density at radius 3 is 2.44 bits per heavy atom. The molecule has 3 aromatic rings. The fourth-order valence-electron chi connectivity index (χ4n) is 2.48. The first-order valence-electron chi connectivity index (χ1n) is 7.79. The third kappa shape index (κ3) is 4.20. The van der Waals surface area contributed by atoms with E-state index in [9.17, 15) is 14.0 Å². The van der Waals surface area contributed by atoms with Crippen LogP contribution in [0.1, 0.15) is 15.9 Å². The Labute approximate surface area is 144 Å². The predicted octanol–water partition coefficient (Wildman–Crippen LogP) is 3.45. The van der Waals surface area contributed by atoms with Crippen LogP contribution in [0.4, 0.5) is 4.39 Å². The lowest BCUT2D eigenvalue weighted by atomic mass is 10.1. The maximum absolute atomic E-state index is 12.8. The lowest BCUT2D eigenvalue weighted by molar-refractivity contribution is -0.143. The summed E-state index contributed by atoms with van der Waals surface area (Å²) in [6, 6.07) is 18.7. The highest BCUT2D eigenvalue weighted by molar-refractivity contribution is 5.95. The summed E-state index contributed by atoms with van der Waals surface area (Å²) in [5, 5.41) is 4.55. The number of fused-ring (bicyclic) bond motifs is 1. The van der Waals surface area contributed by atoms with E-state index in [0.29, 0.717) is 0 Å². The largest absolute Gasteiger partial charge is 0.459 e. The fraction of sp³-hybridized carbons (Fsp3) is 0.100. The number of rotatable bonds is 5. The highest BCUT2D eigenvalue weighted by Gasteiger charge is 2.10. The quantitative estimate of drug-likeness (QED) is 0.726. The first-order valence-corrected chi connectivity index (χ1v) is 7.79. The molecule has 0 aliphatic rings. The van der Waals surface area contributed by atoms with Crippen LogP contribution in [0.25, 0.3) is 10.8 Å². The molecule has 0 saturated heterocycles. The van der Waals surface area contributed by atoms with Crippen LogP contribution in [0.15, 0.2) is 66.7 Å². The van der Waals surface area contributed by atoms with Crippen LogP contribution in [0.2, 0.25) is 0 Å². The maximum atomic E-state index is 12.8. The minimum absolute atomic E-state index is 0.132. The van der Waals surface area contributed by atoms with E-state index in [4.69, 9.17) is 4.74 Å². The SMILES string of the molecule is O=C(CNC(=O)c1ccc(F)cc1)OCc1cccc2ccccc12. The van der Waals surface area contributed by atoms with Gasteiger partial charge in [0.15, 0.2) is 0 Å². The lowest BCUT2D eigenvalue weighted by Crippen LogP contribution is -2.30. The minimum Gasteiger partial charge on any atom is -0.459 e. The topological polar surface area (TPSA) is 55.4 Å². The van der Waals surface area contributed by atoms with Gasteiger partial charge in [0.25, 0.3) is 5.91 Å². The van der Waals surface area contributed by atoms with Crippen molar-refractivity contribution in [2.45, 2.75) is 6.61 Å². The molecule has 0 unspecified atom stereocenters. The molecule has 0 saturated carbocycles. The lowest BCUT2D eigenvalue weighted by Gasteiger charge is -2.09. The second-order valence-corrected chi connectivity index (χ2v) is 5.49. The maximum Gasteiger partial charge on any atom is 0.325 e. The zero-order chi connectivity index (χ0) is 17.6. The van der Waals surface area contributed by atoms with E-state index >= 15 is 0 Å². The molecule has 5 heteroatoms. The van der Waals surface area contributed by atoms with Gasteiger partial charge in [0, 0.05) is 5.56 Å². The van der Waals surface area contributed by atoms with Gasteiger partial charge in [-0.2, -0.15) is 0 Å². The molecule has 0 radical (unpaired) electrons. The van der Waals surface area contributed by atoms with Gasteiger partial charge in [0.05, 0.1) is 0 Å². The molecule has 0 spiro atoms. The number of hydrogen-bond donors (Lipinski definition) is 1. The van der Waals surface area contributed by atoms with Crippen molar-refractivity contribution in [3.8, 4) is 0 Å². The summed E-state index contributed by atoms with van der Waals surface area (Å²) in [7, 11) is 0. The van der Waals surface area contributed by atoms with Crippen LogP contribution >= 0.6 is 0 Å². The second-order valence-electron chi connectivity index (χ2n) is 5.49. The van der Waals surface area contributed by atoms with E-state index in [2.05, 4.69) is 5.32 Å². The van der Waals surface area contributed by atoms with Crippen molar-refractivity contribution in [3.63, 3.8) is 0 Å². The zero-order valence-corrected chi connectivity index (χ0v) is 13.4. The molecule has 1 amide bonds. The molecule has 0 aromatic heterocycles. The Hall–Kier alpha value is -3.21. The number of carbonyl (C=O) groups excluding carboxylic acids is 2. The molecule has 0 heterocycles. The van der Waals surface area contributed by atoms with Crippen LogP contribution < -0.4 is 5.32 Å². The van der Waals surface area contributed by atoms with Gasteiger partial charge in [-0.1, -0.05) is 42.5 Å². The summed E-state index contributed by atoms with van der Waals surface area (Å²) in [5.41, 5.74) is 1.18. The Bertz CT molecular complexity index is 901. The van der Waals surface area contributed by atoms with Gasteiger partial charge < -0.3 is 10.1 Å². The molecular weight excluding hydrogens is 321 g/mol. The monoisotopic (exact) mass is 337 g/mol. The smallest absolute Gasteiger partial charge is 0.325 e. The van der Waals surface area contributed by atoms with Gasteiger partial charge in [-0.25, -0.2) is 4.39 Å². The van der Waals surface area contributed by atoms with Gasteiger partial charge in [-0.05, 0) is 40.6 Å². The van der Waals surface area contributed by atoms with Crippen molar-refractivity contribution in [3.05, 3.63) is 83.7 Å². The molecule has 0 aliphatic heterocycles. The van der Waals surface area contributed by atoms with Crippen molar-refractivity contribution in [2.75, 3.05) is 6.54 Å². The number of carbonyl (C=O) groups is 2. The van der Waals surface area contributed by atoms with Gasteiger partial charge in [0.2, 0.25) is 0 Å². The van der Waals surface area contributed by atoms with Crippen LogP contribution in [0, 0.1) is 5.82 Å². The van der Waals surface area contributed by atoms with Crippen molar-refractivity contribution >= 4 is 22.6 Å². The van der Waals surface area contributed by atoms with Crippen molar-refractivity contribution in [1.29, 1.82) is 0 Å². The summed E-state index contributed by atoms with van der Waals surface area (Å²) in [5.74, 6) is -1.42. The molecule has 4 nitrogen and oxygen atoms in total.